The van der Waals surface area contributed by atoms with Crippen molar-refractivity contribution in [1.82, 2.24) is 9.97 Å². The number of aromatic amines is 1. The molecule has 1 saturated carbocycles. The number of anilines is 1. The summed E-state index contributed by atoms with van der Waals surface area (Å²) in [6.07, 6.45) is 9.66. The van der Waals surface area contributed by atoms with Crippen LogP contribution in [0.3, 0.4) is 0 Å². The van der Waals surface area contributed by atoms with Crippen LogP contribution in [0.5, 0.6) is 0 Å². The number of carbonyl (C=O) groups excluding carboxylic acids is 1. The molecule has 0 bridgehead atoms. The van der Waals surface area contributed by atoms with Gasteiger partial charge in [-0.25, -0.2) is 0 Å². The predicted octanol–water partition coefficient (Wildman–Crippen LogP) is 5.45. The van der Waals surface area contributed by atoms with Crippen LogP contribution in [0, 0.1) is 5.92 Å². The van der Waals surface area contributed by atoms with Crippen LogP contribution in [0.15, 0.2) is 54.9 Å². The highest BCUT2D eigenvalue weighted by Crippen LogP contribution is 2.41. The molecule has 0 unspecified atom stereocenters. The number of benzene rings is 1. The summed E-state index contributed by atoms with van der Waals surface area (Å²) in [5.41, 5.74) is 3.09. The van der Waals surface area contributed by atoms with Gasteiger partial charge in [0.05, 0.1) is 5.69 Å². The Morgan fingerprint density at radius 1 is 1.11 bits per heavy atom. The number of carbonyl (C=O) groups is 1. The van der Waals surface area contributed by atoms with Crippen LogP contribution in [-0.4, -0.2) is 22.4 Å². The summed E-state index contributed by atoms with van der Waals surface area (Å²) in [4.78, 5) is 23.4. The molecule has 1 aliphatic rings. The van der Waals surface area contributed by atoms with Crippen LogP contribution in [0.1, 0.15) is 51.6 Å². The van der Waals surface area contributed by atoms with E-state index in [4.69, 9.17) is 4.98 Å². The first-order valence-corrected chi connectivity index (χ1v) is 10.4. The number of rotatable bonds is 5. The fourth-order valence-electron chi connectivity index (χ4n) is 4.58. The molecule has 4 heteroatoms. The summed E-state index contributed by atoms with van der Waals surface area (Å²) in [7, 11) is 0. The van der Waals surface area contributed by atoms with Gasteiger partial charge in [-0.15, -0.1) is 0 Å². The zero-order chi connectivity index (χ0) is 19.6. The average Bonchev–Trinajstić information content (AvgIpc) is 3.17. The predicted molar refractivity (Wildman–Crippen MR) is 114 cm³/mol. The van der Waals surface area contributed by atoms with Gasteiger partial charge < -0.3 is 9.88 Å². The number of pyridine rings is 1. The van der Waals surface area contributed by atoms with Crippen molar-refractivity contribution in [3.05, 3.63) is 60.6 Å². The van der Waals surface area contributed by atoms with Crippen LogP contribution in [0.4, 0.5) is 5.69 Å². The van der Waals surface area contributed by atoms with Crippen molar-refractivity contribution < 1.29 is 4.79 Å². The second kappa shape index (κ2) is 7.78. The minimum atomic E-state index is -0.0809. The molecule has 0 aliphatic heterocycles. The number of nitrogens with zero attached hydrogens (tertiary/aromatic N) is 2. The van der Waals surface area contributed by atoms with Crippen LogP contribution in [0.25, 0.3) is 10.9 Å². The first-order chi connectivity index (χ1) is 13.6. The fraction of sp³-hybridized carbons (Fsp3) is 0.417. The lowest BCUT2D eigenvalue weighted by molar-refractivity contribution is -0.121. The molecule has 1 aliphatic carbocycles. The van der Waals surface area contributed by atoms with Crippen molar-refractivity contribution in [1.29, 1.82) is 0 Å². The molecule has 28 heavy (non-hydrogen) atoms. The number of hydrogen-bond donors (Lipinski definition) is 1. The van der Waals surface area contributed by atoms with Gasteiger partial charge in [-0.1, -0.05) is 57.4 Å². The molecule has 1 N–H and O–H groups in total. The number of H-pyrrole nitrogens is 1. The largest absolute Gasteiger partial charge is 0.359 e. The lowest BCUT2D eigenvalue weighted by atomic mass is 9.71. The Balaban J connectivity index is 1.79. The molecule has 1 fully saturated rings. The summed E-state index contributed by atoms with van der Waals surface area (Å²) in [5, 5.41) is 1.10. The average molecular weight is 376 g/mol. The van der Waals surface area contributed by atoms with E-state index in [1.54, 1.807) is 0 Å². The molecular weight excluding hydrogens is 346 g/mol. The second-order valence-corrected chi connectivity index (χ2v) is 8.35. The fourth-order valence-corrected chi connectivity index (χ4v) is 4.58. The maximum absolute atomic E-state index is 13.3. The Hall–Kier alpha value is -2.62. The molecular formula is C24H29N3O. The molecule has 0 saturated heterocycles. The first kappa shape index (κ1) is 18.7. The van der Waals surface area contributed by atoms with Crippen molar-refractivity contribution in [2.75, 3.05) is 11.4 Å². The number of aromatic nitrogens is 2. The van der Waals surface area contributed by atoms with Gasteiger partial charge in [-0.05, 0) is 31.0 Å². The molecule has 0 spiro atoms. The summed E-state index contributed by atoms with van der Waals surface area (Å²) >= 11 is 0. The highest BCUT2D eigenvalue weighted by Gasteiger charge is 2.39. The number of para-hydroxylation sites is 1. The highest BCUT2D eigenvalue weighted by atomic mass is 16.2. The smallest absolute Gasteiger partial charge is 0.229 e. The van der Waals surface area contributed by atoms with Gasteiger partial charge in [0, 0.05) is 46.9 Å². The normalized spacial score (nSPS) is 16.4. The molecule has 0 radical (unpaired) electrons. The minimum absolute atomic E-state index is 0.0574. The standard InChI is InChI=1S/C24H29N3O/c1-18(2)23(28)27(21-16-26-20-11-5-4-10-19(20)21)17-24(13-7-3-8-14-24)22-12-6-9-15-25-22/h4-6,9-12,15-16,18,26H,3,7-8,13-14,17H2,1-2H3. The first-order valence-electron chi connectivity index (χ1n) is 10.4. The molecule has 2 aromatic heterocycles. The van der Waals surface area contributed by atoms with Crippen molar-refractivity contribution in [3.63, 3.8) is 0 Å². The van der Waals surface area contributed by atoms with Crippen molar-refractivity contribution in [2.24, 2.45) is 5.92 Å². The van der Waals surface area contributed by atoms with Gasteiger partial charge in [-0.2, -0.15) is 0 Å². The van der Waals surface area contributed by atoms with Gasteiger partial charge in [0.25, 0.3) is 0 Å². The van der Waals surface area contributed by atoms with Crippen molar-refractivity contribution >= 4 is 22.5 Å². The Labute approximate surface area is 167 Å². The van der Waals surface area contributed by atoms with E-state index in [9.17, 15) is 4.79 Å². The Bertz CT molecular complexity index is 939. The number of amides is 1. The van der Waals surface area contributed by atoms with E-state index >= 15 is 0 Å². The van der Waals surface area contributed by atoms with Gasteiger partial charge in [0.15, 0.2) is 0 Å². The Kier molecular flexibility index (Phi) is 5.21. The third kappa shape index (κ3) is 3.44. The number of nitrogens with one attached hydrogen (secondary N) is 1. The third-order valence-electron chi connectivity index (χ3n) is 6.10. The van der Waals surface area contributed by atoms with Crippen LogP contribution < -0.4 is 4.90 Å². The Morgan fingerprint density at radius 2 is 1.86 bits per heavy atom. The molecule has 1 aromatic carbocycles. The highest BCUT2D eigenvalue weighted by molar-refractivity contribution is 6.04. The molecule has 4 nitrogen and oxygen atoms in total. The SMILES string of the molecule is CC(C)C(=O)N(CC1(c2ccccn2)CCCCC1)c1c[nH]c2ccccc12. The third-order valence-corrected chi connectivity index (χ3v) is 6.10. The number of fused-ring (bicyclic) bond motifs is 1. The summed E-state index contributed by atoms with van der Waals surface area (Å²) in [6.45, 7) is 4.65. The van der Waals surface area contributed by atoms with E-state index in [1.165, 1.54) is 19.3 Å². The van der Waals surface area contributed by atoms with Gasteiger partial charge in [-0.3, -0.25) is 9.78 Å². The van der Waals surface area contributed by atoms with E-state index in [-0.39, 0.29) is 17.2 Å². The molecule has 1 amide bonds. The van der Waals surface area contributed by atoms with Gasteiger partial charge >= 0.3 is 0 Å². The minimum Gasteiger partial charge on any atom is -0.359 e. The van der Waals surface area contributed by atoms with Crippen molar-refractivity contribution in [3.8, 4) is 0 Å². The summed E-state index contributed by atoms with van der Waals surface area (Å²) < 4.78 is 0. The quantitative estimate of drug-likeness (QED) is 0.644. The maximum atomic E-state index is 13.3. The molecule has 2 heterocycles. The molecule has 0 atom stereocenters. The van der Waals surface area contributed by atoms with E-state index in [0.29, 0.717) is 6.54 Å². The second-order valence-electron chi connectivity index (χ2n) is 8.35. The maximum Gasteiger partial charge on any atom is 0.229 e. The van der Waals surface area contributed by atoms with E-state index < -0.39 is 0 Å². The lowest BCUT2D eigenvalue weighted by Crippen LogP contribution is -2.47. The molecule has 3 aromatic rings. The zero-order valence-corrected chi connectivity index (χ0v) is 16.8. The topological polar surface area (TPSA) is 49.0 Å². The van der Waals surface area contributed by atoms with Crippen LogP contribution in [0.2, 0.25) is 0 Å². The van der Waals surface area contributed by atoms with Crippen LogP contribution >= 0.6 is 0 Å². The van der Waals surface area contributed by atoms with Gasteiger partial charge in [0.1, 0.15) is 0 Å². The van der Waals surface area contributed by atoms with E-state index in [2.05, 4.69) is 29.2 Å². The van der Waals surface area contributed by atoms with Crippen LogP contribution in [-0.2, 0) is 10.2 Å². The zero-order valence-electron chi connectivity index (χ0n) is 16.8. The summed E-state index contributed by atoms with van der Waals surface area (Å²) in [5.74, 6) is 0.115. The van der Waals surface area contributed by atoms with E-state index in [0.717, 1.165) is 35.1 Å². The number of hydrogen-bond acceptors (Lipinski definition) is 2. The Morgan fingerprint density at radius 3 is 2.57 bits per heavy atom. The van der Waals surface area contributed by atoms with E-state index in [1.807, 2.05) is 49.3 Å². The summed E-state index contributed by atoms with van der Waals surface area (Å²) in [6, 6.07) is 14.4. The monoisotopic (exact) mass is 375 g/mol. The lowest BCUT2D eigenvalue weighted by Gasteiger charge is -2.41. The van der Waals surface area contributed by atoms with Crippen molar-refractivity contribution in [2.45, 2.75) is 51.4 Å². The molecule has 4 rings (SSSR count). The van der Waals surface area contributed by atoms with Gasteiger partial charge in [0.2, 0.25) is 5.91 Å². The molecule has 146 valence electrons.